The van der Waals surface area contributed by atoms with Crippen LogP contribution in [-0.2, 0) is 6.42 Å². The largest absolute Gasteiger partial charge is 0.330 e. The van der Waals surface area contributed by atoms with Crippen LogP contribution in [0, 0.1) is 6.92 Å². The highest BCUT2D eigenvalue weighted by atomic mass is 15.3. The summed E-state index contributed by atoms with van der Waals surface area (Å²) in [6.45, 7) is 2.55. The maximum Gasteiger partial charge on any atom is 0.155 e. The van der Waals surface area contributed by atoms with Gasteiger partial charge in [-0.05, 0) is 31.5 Å². The van der Waals surface area contributed by atoms with Crippen molar-refractivity contribution in [1.29, 1.82) is 0 Å². The van der Waals surface area contributed by atoms with E-state index in [9.17, 15) is 0 Å². The van der Waals surface area contributed by atoms with Crippen molar-refractivity contribution in [3.63, 3.8) is 0 Å². The van der Waals surface area contributed by atoms with Crippen LogP contribution in [0.4, 0.5) is 0 Å². The third kappa shape index (κ3) is 1.53. The Morgan fingerprint density at radius 3 is 3.08 bits per heavy atom. The number of pyridine rings is 1. The fraction of sp³-hybridized carbons (Fsp3) is 0.333. The summed E-state index contributed by atoms with van der Waals surface area (Å²) in [5, 5.41) is 4.22. The van der Waals surface area contributed by atoms with Gasteiger partial charge < -0.3 is 5.73 Å². The molecule has 2 heterocycles. The lowest BCUT2D eigenvalue weighted by Crippen LogP contribution is -2.03. The Balaban J connectivity index is 2.48. The summed E-state index contributed by atoms with van der Waals surface area (Å²) in [6.07, 6.45) is 2.86. The summed E-state index contributed by atoms with van der Waals surface area (Å²) in [5.74, 6) is 0.796. The third-order valence-electron chi connectivity index (χ3n) is 1.93. The number of hydrogen-bond acceptors (Lipinski definition) is 3. The van der Waals surface area contributed by atoms with Gasteiger partial charge >= 0.3 is 0 Å². The molecule has 0 radical (unpaired) electrons. The van der Waals surface area contributed by atoms with Crippen LogP contribution in [0.3, 0.4) is 0 Å². The zero-order chi connectivity index (χ0) is 9.26. The molecule has 2 N–H and O–H groups in total. The van der Waals surface area contributed by atoms with E-state index in [1.54, 1.807) is 4.52 Å². The van der Waals surface area contributed by atoms with Crippen LogP contribution >= 0.6 is 0 Å². The first-order chi connectivity index (χ1) is 6.29. The van der Waals surface area contributed by atoms with Crippen molar-refractivity contribution in [2.24, 2.45) is 5.73 Å². The normalized spacial score (nSPS) is 10.9. The molecule has 0 saturated heterocycles. The molecule has 4 nitrogen and oxygen atoms in total. The zero-order valence-corrected chi connectivity index (χ0v) is 7.57. The van der Waals surface area contributed by atoms with Crippen molar-refractivity contribution in [1.82, 2.24) is 14.6 Å². The average molecular weight is 176 g/mol. The number of aromatic nitrogens is 3. The van der Waals surface area contributed by atoms with Gasteiger partial charge in [-0.25, -0.2) is 9.50 Å². The van der Waals surface area contributed by atoms with Crippen LogP contribution in [0.2, 0.25) is 0 Å². The molecule has 2 aromatic heterocycles. The van der Waals surface area contributed by atoms with Crippen LogP contribution in [-0.4, -0.2) is 21.1 Å². The number of aryl methyl sites for hydroxylation is 1. The Morgan fingerprint density at radius 2 is 2.31 bits per heavy atom. The summed E-state index contributed by atoms with van der Waals surface area (Å²) in [4.78, 5) is 4.23. The Bertz CT molecular complexity index is 418. The number of nitrogens with two attached hydrogens (primary N) is 1. The van der Waals surface area contributed by atoms with E-state index >= 15 is 0 Å². The van der Waals surface area contributed by atoms with E-state index in [2.05, 4.69) is 10.1 Å². The lowest BCUT2D eigenvalue weighted by atomic mass is 10.2. The fourth-order valence-corrected chi connectivity index (χ4v) is 1.35. The zero-order valence-electron chi connectivity index (χ0n) is 7.57. The van der Waals surface area contributed by atoms with Crippen LogP contribution in [0.5, 0.6) is 0 Å². The molecule has 13 heavy (non-hydrogen) atoms. The monoisotopic (exact) mass is 176 g/mol. The van der Waals surface area contributed by atoms with Crippen molar-refractivity contribution in [2.75, 3.05) is 6.54 Å². The van der Waals surface area contributed by atoms with Gasteiger partial charge in [0.1, 0.15) is 5.82 Å². The summed E-state index contributed by atoms with van der Waals surface area (Å²) < 4.78 is 1.79. The van der Waals surface area contributed by atoms with Gasteiger partial charge in [0.15, 0.2) is 5.65 Å². The molecule has 4 heteroatoms. The van der Waals surface area contributed by atoms with Crippen LogP contribution in [0.25, 0.3) is 5.65 Å². The van der Waals surface area contributed by atoms with Gasteiger partial charge in [0.25, 0.3) is 0 Å². The summed E-state index contributed by atoms with van der Waals surface area (Å²) in [7, 11) is 0. The number of fused-ring (bicyclic) bond motifs is 1. The second-order valence-electron chi connectivity index (χ2n) is 3.04. The van der Waals surface area contributed by atoms with E-state index in [1.165, 1.54) is 5.56 Å². The number of nitrogens with zero attached hydrogens (tertiary/aromatic N) is 3. The lowest BCUT2D eigenvalue weighted by Gasteiger charge is -1.97. The highest BCUT2D eigenvalue weighted by Gasteiger charge is 1.99. The molecule has 0 aromatic carbocycles. The molecule has 0 amide bonds. The quantitative estimate of drug-likeness (QED) is 0.726. The Labute approximate surface area is 76.4 Å². The molecule has 0 aliphatic carbocycles. The second kappa shape index (κ2) is 3.14. The van der Waals surface area contributed by atoms with Crippen LogP contribution in [0.1, 0.15) is 11.4 Å². The highest BCUT2D eigenvalue weighted by molar-refractivity contribution is 5.38. The van der Waals surface area contributed by atoms with E-state index in [0.29, 0.717) is 6.54 Å². The lowest BCUT2D eigenvalue weighted by molar-refractivity contribution is 0.892. The van der Waals surface area contributed by atoms with Crippen LogP contribution in [0.15, 0.2) is 18.3 Å². The van der Waals surface area contributed by atoms with Crippen molar-refractivity contribution in [2.45, 2.75) is 13.3 Å². The first-order valence-electron chi connectivity index (χ1n) is 4.31. The minimum Gasteiger partial charge on any atom is -0.330 e. The molecule has 0 spiro atoms. The van der Waals surface area contributed by atoms with E-state index < -0.39 is 0 Å². The Hall–Kier alpha value is -1.42. The minimum absolute atomic E-state index is 0.666. The number of hydrogen-bond donors (Lipinski definition) is 1. The van der Waals surface area contributed by atoms with Gasteiger partial charge in [-0.3, -0.25) is 0 Å². The molecule has 0 aliphatic rings. The molecule has 0 atom stereocenters. The molecular weight excluding hydrogens is 164 g/mol. The molecule has 0 bridgehead atoms. The Morgan fingerprint density at radius 1 is 1.46 bits per heavy atom. The van der Waals surface area contributed by atoms with Gasteiger partial charge in [-0.15, -0.1) is 0 Å². The standard InChI is InChI=1S/C9H12N4/c1-7-11-9-3-2-8(4-5-10)6-13(9)12-7/h2-3,6H,4-5,10H2,1H3. The van der Waals surface area contributed by atoms with Gasteiger partial charge in [0.2, 0.25) is 0 Å². The SMILES string of the molecule is Cc1nc2ccc(CCN)cn2n1. The topological polar surface area (TPSA) is 56.2 Å². The molecular formula is C9H12N4. The van der Waals surface area contributed by atoms with Crippen LogP contribution < -0.4 is 5.73 Å². The number of rotatable bonds is 2. The molecule has 0 fully saturated rings. The maximum atomic E-state index is 5.46. The summed E-state index contributed by atoms with van der Waals surface area (Å²) in [6, 6.07) is 4.00. The van der Waals surface area contributed by atoms with Crippen molar-refractivity contribution < 1.29 is 0 Å². The maximum absolute atomic E-state index is 5.46. The molecule has 2 aromatic rings. The Kier molecular flexibility index (Phi) is 1.98. The second-order valence-corrected chi connectivity index (χ2v) is 3.04. The third-order valence-corrected chi connectivity index (χ3v) is 1.93. The highest BCUT2D eigenvalue weighted by Crippen LogP contribution is 2.04. The fourth-order valence-electron chi connectivity index (χ4n) is 1.35. The van der Waals surface area contributed by atoms with E-state index in [-0.39, 0.29) is 0 Å². The molecule has 0 saturated carbocycles. The van der Waals surface area contributed by atoms with Gasteiger partial charge in [-0.2, -0.15) is 5.10 Å². The molecule has 2 rings (SSSR count). The first kappa shape index (κ1) is 8.19. The smallest absolute Gasteiger partial charge is 0.155 e. The molecule has 68 valence electrons. The minimum atomic E-state index is 0.666. The predicted octanol–water partition coefficient (Wildman–Crippen LogP) is 0.539. The first-order valence-corrected chi connectivity index (χ1v) is 4.31. The van der Waals surface area contributed by atoms with E-state index in [4.69, 9.17) is 5.73 Å². The van der Waals surface area contributed by atoms with Gasteiger partial charge in [-0.1, -0.05) is 6.07 Å². The summed E-state index contributed by atoms with van der Waals surface area (Å²) in [5.41, 5.74) is 7.55. The van der Waals surface area contributed by atoms with Crippen molar-refractivity contribution in [3.8, 4) is 0 Å². The molecule has 0 unspecified atom stereocenters. The molecule has 0 aliphatic heterocycles. The van der Waals surface area contributed by atoms with Gasteiger partial charge in [0.05, 0.1) is 0 Å². The van der Waals surface area contributed by atoms with Crippen molar-refractivity contribution >= 4 is 5.65 Å². The predicted molar refractivity (Wildman–Crippen MR) is 50.5 cm³/mol. The van der Waals surface area contributed by atoms with E-state index in [0.717, 1.165) is 17.9 Å². The summed E-state index contributed by atoms with van der Waals surface area (Å²) >= 11 is 0. The van der Waals surface area contributed by atoms with Crippen molar-refractivity contribution in [3.05, 3.63) is 29.7 Å². The van der Waals surface area contributed by atoms with Gasteiger partial charge in [0, 0.05) is 6.20 Å². The average Bonchev–Trinajstić information content (AvgIpc) is 2.44. The van der Waals surface area contributed by atoms with E-state index in [1.807, 2.05) is 25.3 Å².